The largest absolute Gasteiger partial charge is 0.339 e. The van der Waals surface area contributed by atoms with Gasteiger partial charge in [-0.2, -0.15) is 0 Å². The quantitative estimate of drug-likeness (QED) is 0.447. The number of aryl methyl sites for hydroxylation is 1. The second-order valence-electron chi connectivity index (χ2n) is 3.60. The minimum absolute atomic E-state index is 0.394. The Labute approximate surface area is 96.4 Å². The van der Waals surface area contributed by atoms with Crippen molar-refractivity contribution in [1.82, 2.24) is 15.3 Å². The second kappa shape index (κ2) is 3.53. The van der Waals surface area contributed by atoms with Gasteiger partial charge in [0.2, 0.25) is 0 Å². The maximum absolute atomic E-state index is 11.9. The van der Waals surface area contributed by atoms with E-state index in [1.165, 1.54) is 11.3 Å². The number of aromatic nitrogens is 1. The van der Waals surface area contributed by atoms with E-state index in [1.54, 1.807) is 12.4 Å². The number of hydrogen-bond acceptors (Lipinski definition) is 5. The second-order valence-corrected chi connectivity index (χ2v) is 4.66. The molecule has 1 aromatic rings. The first kappa shape index (κ1) is 11.0. The molecular weight excluding hydrogens is 228 g/mol. The number of rotatable bonds is 2. The maximum Gasteiger partial charge on any atom is 0.339 e. The number of nitrogens with two attached hydrogens (primary N) is 1. The van der Waals surface area contributed by atoms with E-state index in [-0.39, 0.29) is 0 Å². The monoisotopic (exact) mass is 240 g/mol. The summed E-state index contributed by atoms with van der Waals surface area (Å²) in [4.78, 5) is 28.4. The standard InChI is InChI=1S/C9H12N4O2S/c1-3-9(6-5(2)16-4-11-6)7(14)12-8(15)13(9)10/h4H,3,10H2,1-2H3,(H,12,14,15). The maximum atomic E-state index is 11.9. The van der Waals surface area contributed by atoms with Crippen LogP contribution in [0, 0.1) is 6.92 Å². The van der Waals surface area contributed by atoms with Gasteiger partial charge in [0, 0.05) is 4.88 Å². The summed E-state index contributed by atoms with van der Waals surface area (Å²) >= 11 is 1.43. The third-order valence-corrected chi connectivity index (χ3v) is 3.63. The first-order chi connectivity index (χ1) is 7.54. The predicted octanol–water partition coefficient (Wildman–Crippen LogP) is 0.482. The van der Waals surface area contributed by atoms with Crippen molar-refractivity contribution in [1.29, 1.82) is 0 Å². The smallest absolute Gasteiger partial charge is 0.274 e. The Morgan fingerprint density at radius 1 is 1.62 bits per heavy atom. The van der Waals surface area contributed by atoms with Crippen molar-refractivity contribution >= 4 is 23.3 Å². The van der Waals surface area contributed by atoms with Crippen LogP contribution in [-0.4, -0.2) is 21.9 Å². The van der Waals surface area contributed by atoms with Gasteiger partial charge in [-0.1, -0.05) is 6.92 Å². The van der Waals surface area contributed by atoms with E-state index in [4.69, 9.17) is 5.84 Å². The highest BCUT2D eigenvalue weighted by Crippen LogP contribution is 2.36. The summed E-state index contributed by atoms with van der Waals surface area (Å²) in [5, 5.41) is 3.15. The van der Waals surface area contributed by atoms with E-state index in [0.29, 0.717) is 12.1 Å². The van der Waals surface area contributed by atoms with Gasteiger partial charge in [-0.3, -0.25) is 10.1 Å². The molecule has 0 aromatic carbocycles. The fraction of sp³-hybridized carbons (Fsp3) is 0.444. The summed E-state index contributed by atoms with van der Waals surface area (Å²) in [7, 11) is 0. The van der Waals surface area contributed by atoms with Gasteiger partial charge in [-0.25, -0.2) is 20.6 Å². The lowest BCUT2D eigenvalue weighted by Crippen LogP contribution is -2.51. The van der Waals surface area contributed by atoms with Gasteiger partial charge < -0.3 is 0 Å². The lowest BCUT2D eigenvalue weighted by Gasteiger charge is -2.29. The van der Waals surface area contributed by atoms with Crippen LogP contribution in [-0.2, 0) is 10.3 Å². The zero-order valence-electron chi connectivity index (χ0n) is 8.98. The Morgan fingerprint density at radius 2 is 2.31 bits per heavy atom. The topological polar surface area (TPSA) is 88.3 Å². The van der Waals surface area contributed by atoms with Crippen LogP contribution in [0.15, 0.2) is 5.51 Å². The number of carbonyl (C=O) groups excluding carboxylic acids is 2. The molecule has 16 heavy (non-hydrogen) atoms. The molecule has 1 aliphatic heterocycles. The fourth-order valence-electron chi connectivity index (χ4n) is 1.97. The minimum atomic E-state index is -1.15. The van der Waals surface area contributed by atoms with E-state index < -0.39 is 17.5 Å². The van der Waals surface area contributed by atoms with Crippen molar-refractivity contribution in [2.24, 2.45) is 5.84 Å². The van der Waals surface area contributed by atoms with Gasteiger partial charge in [0.1, 0.15) is 0 Å². The summed E-state index contributed by atoms with van der Waals surface area (Å²) < 4.78 is 0. The lowest BCUT2D eigenvalue weighted by atomic mass is 9.91. The van der Waals surface area contributed by atoms with E-state index in [1.807, 2.05) is 6.92 Å². The van der Waals surface area contributed by atoms with Gasteiger partial charge in [0.15, 0.2) is 5.54 Å². The van der Waals surface area contributed by atoms with Crippen molar-refractivity contribution < 1.29 is 9.59 Å². The van der Waals surface area contributed by atoms with Gasteiger partial charge >= 0.3 is 6.03 Å². The van der Waals surface area contributed by atoms with Crippen molar-refractivity contribution in [3.8, 4) is 0 Å². The molecule has 2 rings (SSSR count). The summed E-state index contributed by atoms with van der Waals surface area (Å²) in [5.74, 6) is 5.28. The molecule has 1 saturated heterocycles. The predicted molar refractivity (Wildman–Crippen MR) is 58.4 cm³/mol. The Hall–Kier alpha value is -1.47. The van der Waals surface area contributed by atoms with Crippen molar-refractivity contribution in [2.45, 2.75) is 25.8 Å². The molecule has 7 heteroatoms. The number of hydrogen-bond donors (Lipinski definition) is 2. The minimum Gasteiger partial charge on any atom is -0.274 e. The van der Waals surface area contributed by atoms with E-state index in [9.17, 15) is 9.59 Å². The SMILES string of the molecule is CCC1(c2ncsc2C)C(=O)NC(=O)N1N. The summed E-state index contributed by atoms with van der Waals surface area (Å²) in [6, 6.07) is -0.584. The Morgan fingerprint density at radius 3 is 2.69 bits per heavy atom. The zero-order chi connectivity index (χ0) is 11.9. The Bertz CT molecular complexity index is 458. The third kappa shape index (κ3) is 1.18. The highest BCUT2D eigenvalue weighted by molar-refractivity contribution is 7.09. The van der Waals surface area contributed by atoms with Crippen LogP contribution in [0.1, 0.15) is 23.9 Å². The molecule has 0 bridgehead atoms. The van der Waals surface area contributed by atoms with Crippen molar-refractivity contribution in [3.05, 3.63) is 16.1 Å². The van der Waals surface area contributed by atoms with E-state index >= 15 is 0 Å². The fourth-order valence-corrected chi connectivity index (χ4v) is 2.62. The average molecular weight is 240 g/mol. The first-order valence-electron chi connectivity index (χ1n) is 4.85. The molecule has 0 spiro atoms. The molecule has 3 amide bonds. The van der Waals surface area contributed by atoms with Crippen LogP contribution in [0.5, 0.6) is 0 Å². The molecule has 0 radical (unpaired) electrons. The van der Waals surface area contributed by atoms with Crippen LogP contribution in [0.4, 0.5) is 4.79 Å². The molecule has 1 fully saturated rings. The molecule has 0 saturated carbocycles. The Balaban J connectivity index is 2.60. The molecule has 6 nitrogen and oxygen atoms in total. The van der Waals surface area contributed by atoms with Gasteiger partial charge in [-0.05, 0) is 13.3 Å². The average Bonchev–Trinajstić information content (AvgIpc) is 2.74. The number of nitrogens with one attached hydrogen (secondary N) is 1. The van der Waals surface area contributed by atoms with Crippen LogP contribution in [0.3, 0.4) is 0 Å². The van der Waals surface area contributed by atoms with E-state index in [2.05, 4.69) is 10.3 Å². The number of thiazole rings is 1. The molecule has 1 unspecified atom stereocenters. The normalized spacial score (nSPS) is 25.1. The van der Waals surface area contributed by atoms with Crippen LogP contribution < -0.4 is 11.2 Å². The highest BCUT2D eigenvalue weighted by Gasteiger charge is 2.54. The number of imide groups is 1. The Kier molecular flexibility index (Phi) is 2.43. The van der Waals surface area contributed by atoms with Gasteiger partial charge in [0.05, 0.1) is 11.2 Å². The van der Waals surface area contributed by atoms with Gasteiger partial charge in [-0.15, -0.1) is 11.3 Å². The number of carbonyl (C=O) groups is 2. The molecule has 86 valence electrons. The van der Waals surface area contributed by atoms with Gasteiger partial charge in [0.25, 0.3) is 5.91 Å². The molecule has 3 N–H and O–H groups in total. The van der Waals surface area contributed by atoms with Crippen molar-refractivity contribution in [3.63, 3.8) is 0 Å². The highest BCUT2D eigenvalue weighted by atomic mass is 32.1. The van der Waals surface area contributed by atoms with Crippen molar-refractivity contribution in [2.75, 3.05) is 0 Å². The van der Waals surface area contributed by atoms with Crippen LogP contribution >= 0.6 is 11.3 Å². The number of hydrazine groups is 1. The third-order valence-electron chi connectivity index (χ3n) is 2.87. The molecule has 1 atom stereocenters. The number of nitrogens with zero attached hydrogens (tertiary/aromatic N) is 2. The van der Waals surface area contributed by atoms with Crippen LogP contribution in [0.2, 0.25) is 0 Å². The summed E-state index contributed by atoms with van der Waals surface area (Å²) in [6.45, 7) is 3.66. The summed E-state index contributed by atoms with van der Waals surface area (Å²) in [5.41, 5.74) is 1.05. The van der Waals surface area contributed by atoms with Crippen LogP contribution in [0.25, 0.3) is 0 Å². The number of amides is 3. The molecule has 1 aromatic heterocycles. The molecule has 2 heterocycles. The molecule has 1 aliphatic rings. The zero-order valence-corrected chi connectivity index (χ0v) is 9.80. The summed E-state index contributed by atoms with van der Waals surface area (Å²) in [6.07, 6.45) is 0.394. The first-order valence-corrected chi connectivity index (χ1v) is 5.73. The lowest BCUT2D eigenvalue weighted by molar-refractivity contribution is -0.127. The number of urea groups is 1. The molecule has 0 aliphatic carbocycles. The molecular formula is C9H12N4O2S. The van der Waals surface area contributed by atoms with E-state index in [0.717, 1.165) is 9.89 Å².